The summed E-state index contributed by atoms with van der Waals surface area (Å²) in [4.78, 5) is 14.6. The number of carbonyl (C=O) groups excluding carboxylic acids is 1. The number of halogens is 1. The minimum absolute atomic E-state index is 0.103. The summed E-state index contributed by atoms with van der Waals surface area (Å²) in [5.74, 6) is 0.364. The van der Waals surface area contributed by atoms with Crippen LogP contribution in [0.1, 0.15) is 50.9 Å². The summed E-state index contributed by atoms with van der Waals surface area (Å²) in [5, 5.41) is 12.2. The van der Waals surface area contributed by atoms with E-state index < -0.39 is 0 Å². The van der Waals surface area contributed by atoms with Crippen molar-refractivity contribution >= 4 is 17.5 Å². The van der Waals surface area contributed by atoms with Crippen molar-refractivity contribution in [3.05, 3.63) is 28.8 Å². The van der Waals surface area contributed by atoms with Crippen LogP contribution >= 0.6 is 11.6 Å². The Hall–Kier alpha value is -1.30. The number of likely N-dealkylation sites (tertiary alicyclic amines) is 1. The van der Waals surface area contributed by atoms with Crippen molar-refractivity contribution in [3.63, 3.8) is 0 Å². The number of ether oxygens (including phenoxy) is 1. The quantitative estimate of drug-likeness (QED) is 0.792. The van der Waals surface area contributed by atoms with Crippen LogP contribution in [0.25, 0.3) is 0 Å². The highest BCUT2D eigenvalue weighted by Crippen LogP contribution is 2.29. The molecule has 6 heteroatoms. The molecule has 1 amide bonds. The van der Waals surface area contributed by atoms with Gasteiger partial charge in [-0.1, -0.05) is 32.4 Å². The Labute approximate surface area is 161 Å². The number of hydrogen-bond acceptors (Lipinski definition) is 4. The fourth-order valence-corrected chi connectivity index (χ4v) is 3.35. The summed E-state index contributed by atoms with van der Waals surface area (Å²) in [6.45, 7) is 11.6. The molecular formula is C20H31ClN2O3. The molecule has 0 bridgehead atoms. The van der Waals surface area contributed by atoms with Crippen LogP contribution in [0.4, 0.5) is 0 Å². The average Bonchev–Trinajstić information content (AvgIpc) is 2.56. The summed E-state index contributed by atoms with van der Waals surface area (Å²) >= 11 is 6.31. The van der Waals surface area contributed by atoms with Crippen molar-refractivity contribution in [1.29, 1.82) is 0 Å². The number of piperidine rings is 1. The van der Waals surface area contributed by atoms with E-state index in [0.29, 0.717) is 21.8 Å². The Bertz CT molecular complexity index is 608. The van der Waals surface area contributed by atoms with Gasteiger partial charge >= 0.3 is 0 Å². The molecule has 1 aromatic carbocycles. The second-order valence-corrected chi connectivity index (χ2v) is 8.76. The first kappa shape index (κ1) is 21.0. The van der Waals surface area contributed by atoms with Crippen molar-refractivity contribution in [1.82, 2.24) is 10.2 Å². The lowest BCUT2D eigenvalue weighted by Gasteiger charge is -2.36. The number of rotatable bonds is 6. The summed E-state index contributed by atoms with van der Waals surface area (Å²) in [5.41, 5.74) is 0.767. The van der Waals surface area contributed by atoms with Gasteiger partial charge in [0, 0.05) is 31.2 Å². The third-order valence-electron chi connectivity index (χ3n) is 4.37. The zero-order chi connectivity index (χ0) is 19.3. The van der Waals surface area contributed by atoms with Gasteiger partial charge in [0.05, 0.1) is 11.6 Å². The molecule has 0 spiro atoms. The summed E-state index contributed by atoms with van der Waals surface area (Å²) < 4.78 is 6.07. The van der Waals surface area contributed by atoms with Crippen molar-refractivity contribution < 1.29 is 14.6 Å². The lowest BCUT2D eigenvalue weighted by Crippen LogP contribution is -2.42. The molecule has 5 nitrogen and oxygen atoms in total. The Balaban J connectivity index is 1.90. The molecule has 1 heterocycles. The van der Waals surface area contributed by atoms with Crippen molar-refractivity contribution in [2.75, 3.05) is 26.2 Å². The zero-order valence-electron chi connectivity index (χ0n) is 16.2. The van der Waals surface area contributed by atoms with Crippen LogP contribution in [0.5, 0.6) is 5.75 Å². The number of nitrogens with zero attached hydrogens (tertiary/aromatic N) is 1. The maximum Gasteiger partial charge on any atom is 0.251 e. The molecule has 0 radical (unpaired) electrons. The van der Waals surface area contributed by atoms with E-state index in [9.17, 15) is 4.79 Å². The molecule has 1 atom stereocenters. The summed E-state index contributed by atoms with van der Waals surface area (Å²) in [6.07, 6.45) is 2.10. The lowest BCUT2D eigenvalue weighted by atomic mass is 9.94. The molecule has 1 aliphatic rings. The molecule has 1 aliphatic heterocycles. The number of hydrogen-bond donors (Lipinski definition) is 2. The highest BCUT2D eigenvalue weighted by Gasteiger charge is 2.24. The first-order valence-electron chi connectivity index (χ1n) is 9.28. The van der Waals surface area contributed by atoms with Crippen LogP contribution in [0, 0.1) is 5.41 Å². The van der Waals surface area contributed by atoms with E-state index in [1.165, 1.54) is 0 Å². The normalized spacial score (nSPS) is 17.8. The SMILES string of the molecule is C[C@H](CO)NC(=O)c1ccc(OC2CCN(CC(C)(C)C)CC2)c(Cl)c1. The van der Waals surface area contributed by atoms with Crippen LogP contribution in [0.3, 0.4) is 0 Å². The van der Waals surface area contributed by atoms with Gasteiger partial charge in [0.2, 0.25) is 0 Å². The van der Waals surface area contributed by atoms with Crippen molar-refractivity contribution in [2.24, 2.45) is 5.41 Å². The molecular weight excluding hydrogens is 352 g/mol. The molecule has 0 aromatic heterocycles. The van der Waals surface area contributed by atoms with Crippen LogP contribution in [-0.2, 0) is 0 Å². The second-order valence-electron chi connectivity index (χ2n) is 8.36. The van der Waals surface area contributed by atoms with E-state index in [1.54, 1.807) is 25.1 Å². The van der Waals surface area contributed by atoms with Gasteiger partial charge in [0.1, 0.15) is 11.9 Å². The molecule has 0 aliphatic carbocycles. The topological polar surface area (TPSA) is 61.8 Å². The van der Waals surface area contributed by atoms with E-state index in [4.69, 9.17) is 21.4 Å². The van der Waals surface area contributed by atoms with E-state index >= 15 is 0 Å². The smallest absolute Gasteiger partial charge is 0.251 e. The van der Waals surface area contributed by atoms with Crippen LogP contribution < -0.4 is 10.1 Å². The third kappa shape index (κ3) is 6.45. The molecule has 1 saturated heterocycles. The fourth-order valence-electron chi connectivity index (χ4n) is 3.13. The van der Waals surface area contributed by atoms with Crippen molar-refractivity contribution in [2.45, 2.75) is 52.7 Å². The van der Waals surface area contributed by atoms with Crippen LogP contribution in [0.2, 0.25) is 5.02 Å². The molecule has 1 fully saturated rings. The third-order valence-corrected chi connectivity index (χ3v) is 4.67. The predicted octanol–water partition coefficient (Wildman–Crippen LogP) is 3.34. The molecule has 2 N–H and O–H groups in total. The standard InChI is InChI=1S/C20H31ClN2O3/c1-14(12-24)22-19(25)15-5-6-18(17(21)11-15)26-16-7-9-23(10-8-16)13-20(2,3)4/h5-6,11,14,16,24H,7-10,12-13H2,1-4H3,(H,22,25)/t14-/m1/s1. The number of amides is 1. The molecule has 0 saturated carbocycles. The second kappa shape index (κ2) is 9.07. The Morgan fingerprint density at radius 3 is 2.58 bits per heavy atom. The number of carbonyl (C=O) groups is 1. The van der Waals surface area contributed by atoms with Gasteiger partial charge in [-0.25, -0.2) is 0 Å². The zero-order valence-corrected chi connectivity index (χ0v) is 17.0. The van der Waals surface area contributed by atoms with Gasteiger partial charge in [0.25, 0.3) is 5.91 Å². The minimum Gasteiger partial charge on any atom is -0.489 e. The largest absolute Gasteiger partial charge is 0.489 e. The van der Waals surface area contributed by atoms with Crippen LogP contribution in [-0.4, -0.2) is 54.3 Å². The predicted molar refractivity (Wildman–Crippen MR) is 105 cm³/mol. The Morgan fingerprint density at radius 2 is 2.04 bits per heavy atom. The first-order valence-corrected chi connectivity index (χ1v) is 9.66. The highest BCUT2D eigenvalue weighted by molar-refractivity contribution is 6.32. The number of benzene rings is 1. The molecule has 2 rings (SSSR count). The number of nitrogens with one attached hydrogen (secondary N) is 1. The average molecular weight is 383 g/mol. The van der Waals surface area contributed by atoms with E-state index in [1.807, 2.05) is 0 Å². The molecule has 0 unspecified atom stereocenters. The first-order chi connectivity index (χ1) is 12.2. The fraction of sp³-hybridized carbons (Fsp3) is 0.650. The Kier molecular flexibility index (Phi) is 7.33. The maximum atomic E-state index is 12.1. The molecule has 146 valence electrons. The molecule has 26 heavy (non-hydrogen) atoms. The lowest BCUT2D eigenvalue weighted by molar-refractivity contribution is 0.0811. The van der Waals surface area contributed by atoms with Gasteiger partial charge in [0.15, 0.2) is 0 Å². The number of aliphatic hydroxyl groups is 1. The van der Waals surface area contributed by atoms with E-state index in [-0.39, 0.29) is 24.7 Å². The van der Waals surface area contributed by atoms with Gasteiger partial charge < -0.3 is 20.1 Å². The number of aliphatic hydroxyl groups excluding tert-OH is 1. The van der Waals surface area contributed by atoms with E-state index in [0.717, 1.165) is 32.5 Å². The highest BCUT2D eigenvalue weighted by atomic mass is 35.5. The summed E-state index contributed by atoms with van der Waals surface area (Å²) in [6, 6.07) is 4.78. The van der Waals surface area contributed by atoms with Crippen LogP contribution in [0.15, 0.2) is 18.2 Å². The Morgan fingerprint density at radius 1 is 1.38 bits per heavy atom. The maximum absolute atomic E-state index is 12.1. The van der Waals surface area contributed by atoms with E-state index in [2.05, 4.69) is 31.0 Å². The van der Waals surface area contributed by atoms with Gasteiger partial charge in [-0.3, -0.25) is 4.79 Å². The van der Waals surface area contributed by atoms with Gasteiger partial charge in [-0.2, -0.15) is 0 Å². The van der Waals surface area contributed by atoms with Gasteiger partial charge in [-0.15, -0.1) is 0 Å². The minimum atomic E-state index is -0.296. The molecule has 1 aromatic rings. The summed E-state index contributed by atoms with van der Waals surface area (Å²) in [7, 11) is 0. The monoisotopic (exact) mass is 382 g/mol. The van der Waals surface area contributed by atoms with Crippen molar-refractivity contribution in [3.8, 4) is 5.75 Å². The van der Waals surface area contributed by atoms with Gasteiger partial charge in [-0.05, 0) is 43.4 Å².